The van der Waals surface area contributed by atoms with Crippen molar-refractivity contribution in [1.82, 2.24) is 24.7 Å². The first-order chi connectivity index (χ1) is 15.6. The number of pyridine rings is 1. The summed E-state index contributed by atoms with van der Waals surface area (Å²) in [7, 11) is 0. The molecule has 0 fully saturated rings. The van der Waals surface area contributed by atoms with Crippen LogP contribution in [0.4, 0.5) is 11.6 Å². The summed E-state index contributed by atoms with van der Waals surface area (Å²) in [6, 6.07) is 17.5. The highest BCUT2D eigenvalue weighted by Crippen LogP contribution is 2.22. The van der Waals surface area contributed by atoms with Crippen LogP contribution in [-0.2, 0) is 6.42 Å². The van der Waals surface area contributed by atoms with E-state index in [2.05, 4.69) is 31.4 Å². The fourth-order valence-electron chi connectivity index (χ4n) is 3.41. The van der Waals surface area contributed by atoms with Crippen molar-refractivity contribution in [3.63, 3.8) is 0 Å². The summed E-state index contributed by atoms with van der Waals surface area (Å²) >= 11 is 0. The van der Waals surface area contributed by atoms with Crippen molar-refractivity contribution in [2.75, 3.05) is 17.6 Å². The van der Waals surface area contributed by atoms with Gasteiger partial charge in [-0.2, -0.15) is 10.4 Å². The number of aromatic nitrogens is 5. The number of anilines is 2. The van der Waals surface area contributed by atoms with Crippen LogP contribution in [0.3, 0.4) is 0 Å². The van der Waals surface area contributed by atoms with Gasteiger partial charge in [0.25, 0.3) is 0 Å². The number of nitrogen functional groups attached to an aromatic ring is 1. The smallest absolute Gasteiger partial charge is 0.180 e. The molecule has 0 radical (unpaired) electrons. The van der Waals surface area contributed by atoms with Gasteiger partial charge in [-0.05, 0) is 51.0 Å². The van der Waals surface area contributed by atoms with Crippen molar-refractivity contribution in [1.29, 1.82) is 5.26 Å². The molecule has 0 saturated heterocycles. The number of hydrogen-bond acceptors (Lipinski definition) is 7. The molecule has 0 aliphatic rings. The number of aryl methyl sites for hydroxylation is 2. The molecule has 0 spiro atoms. The number of nitrogens with two attached hydrogens (primary N) is 1. The van der Waals surface area contributed by atoms with E-state index in [1.807, 2.05) is 62.4 Å². The minimum atomic E-state index is 0.365. The molecule has 4 aromatic rings. The molecule has 32 heavy (non-hydrogen) atoms. The van der Waals surface area contributed by atoms with Crippen LogP contribution in [0.5, 0.6) is 0 Å². The zero-order valence-corrected chi connectivity index (χ0v) is 18.1. The van der Waals surface area contributed by atoms with Crippen LogP contribution in [0, 0.1) is 25.2 Å². The molecule has 0 atom stereocenters. The van der Waals surface area contributed by atoms with Gasteiger partial charge in [0, 0.05) is 24.0 Å². The fourth-order valence-corrected chi connectivity index (χ4v) is 3.41. The predicted octanol–water partition coefficient (Wildman–Crippen LogP) is 3.84. The van der Waals surface area contributed by atoms with E-state index in [9.17, 15) is 5.26 Å². The van der Waals surface area contributed by atoms with E-state index < -0.39 is 0 Å². The van der Waals surface area contributed by atoms with Gasteiger partial charge in [-0.1, -0.05) is 24.3 Å². The molecule has 0 unspecified atom stereocenters. The second kappa shape index (κ2) is 9.27. The van der Waals surface area contributed by atoms with Gasteiger partial charge in [-0.25, -0.2) is 14.6 Å². The lowest BCUT2D eigenvalue weighted by Gasteiger charge is -2.12. The molecule has 160 valence electrons. The Labute approximate surface area is 186 Å². The summed E-state index contributed by atoms with van der Waals surface area (Å²) in [6.45, 7) is 4.63. The lowest BCUT2D eigenvalue weighted by Crippen LogP contribution is -2.09. The van der Waals surface area contributed by atoms with Crippen LogP contribution in [0.2, 0.25) is 0 Å². The Morgan fingerprint density at radius 2 is 1.84 bits per heavy atom. The second-order valence-electron chi connectivity index (χ2n) is 7.42. The van der Waals surface area contributed by atoms with Crippen molar-refractivity contribution in [2.45, 2.75) is 26.7 Å². The lowest BCUT2D eigenvalue weighted by atomic mass is 10.1. The average molecular weight is 425 g/mol. The number of nitrogens with zero attached hydrogens (tertiary/aromatic N) is 6. The van der Waals surface area contributed by atoms with Crippen LogP contribution < -0.4 is 11.1 Å². The van der Waals surface area contributed by atoms with Crippen molar-refractivity contribution in [3.05, 3.63) is 77.2 Å². The summed E-state index contributed by atoms with van der Waals surface area (Å²) in [5, 5.41) is 17.6. The number of benzene rings is 1. The lowest BCUT2D eigenvalue weighted by molar-refractivity contribution is 0.788. The van der Waals surface area contributed by atoms with E-state index in [4.69, 9.17) is 5.73 Å². The maximum absolute atomic E-state index is 9.58. The van der Waals surface area contributed by atoms with Gasteiger partial charge in [0.2, 0.25) is 0 Å². The third kappa shape index (κ3) is 4.27. The Kier molecular flexibility index (Phi) is 6.08. The Bertz CT molecular complexity index is 1250. The van der Waals surface area contributed by atoms with Crippen molar-refractivity contribution < 1.29 is 0 Å². The second-order valence-corrected chi connectivity index (χ2v) is 7.42. The molecule has 8 heteroatoms. The van der Waals surface area contributed by atoms with Crippen molar-refractivity contribution in [2.24, 2.45) is 0 Å². The minimum absolute atomic E-state index is 0.365. The Morgan fingerprint density at radius 1 is 1.06 bits per heavy atom. The summed E-state index contributed by atoms with van der Waals surface area (Å²) in [5.74, 6) is 1.74. The highest BCUT2D eigenvalue weighted by Gasteiger charge is 2.16. The van der Waals surface area contributed by atoms with E-state index in [-0.39, 0.29) is 0 Å². The first kappa shape index (κ1) is 21.0. The normalized spacial score (nSPS) is 10.7. The van der Waals surface area contributed by atoms with Gasteiger partial charge in [-0.15, -0.1) is 0 Å². The third-order valence-electron chi connectivity index (χ3n) is 5.27. The van der Waals surface area contributed by atoms with Crippen molar-refractivity contribution >= 4 is 11.6 Å². The van der Waals surface area contributed by atoms with Crippen LogP contribution >= 0.6 is 0 Å². The topological polar surface area (TPSA) is 118 Å². The molecule has 3 aromatic heterocycles. The molecular formula is C24H24N8. The molecule has 3 heterocycles. The van der Waals surface area contributed by atoms with E-state index in [1.54, 1.807) is 10.9 Å². The van der Waals surface area contributed by atoms with E-state index >= 15 is 0 Å². The highest BCUT2D eigenvalue weighted by atomic mass is 15.3. The maximum Gasteiger partial charge on any atom is 0.180 e. The number of nitriles is 1. The highest BCUT2D eigenvalue weighted by molar-refractivity contribution is 5.57. The molecule has 0 aliphatic heterocycles. The van der Waals surface area contributed by atoms with Crippen LogP contribution in [0.25, 0.3) is 17.2 Å². The number of para-hydroxylation sites is 1. The predicted molar refractivity (Wildman–Crippen MR) is 124 cm³/mol. The Balaban J connectivity index is 1.46. The molecule has 0 saturated carbocycles. The first-order valence-electron chi connectivity index (χ1n) is 10.4. The molecule has 0 amide bonds. The minimum Gasteiger partial charge on any atom is -0.382 e. The summed E-state index contributed by atoms with van der Waals surface area (Å²) < 4.78 is 1.62. The quantitative estimate of drug-likeness (QED) is 0.433. The van der Waals surface area contributed by atoms with Crippen LogP contribution in [0.15, 0.2) is 54.7 Å². The molecule has 8 nitrogen and oxygen atoms in total. The van der Waals surface area contributed by atoms with Gasteiger partial charge in [-0.3, -0.25) is 4.98 Å². The van der Waals surface area contributed by atoms with E-state index in [1.165, 1.54) is 0 Å². The van der Waals surface area contributed by atoms with Crippen LogP contribution in [0.1, 0.15) is 28.9 Å². The van der Waals surface area contributed by atoms with Gasteiger partial charge in [0.1, 0.15) is 29.0 Å². The molecule has 0 aliphatic carbocycles. The largest absolute Gasteiger partial charge is 0.382 e. The summed E-state index contributed by atoms with van der Waals surface area (Å²) in [5.41, 5.74) is 10.8. The fraction of sp³-hybridized carbons (Fsp3) is 0.208. The molecule has 1 aromatic carbocycles. The van der Waals surface area contributed by atoms with E-state index in [0.29, 0.717) is 35.9 Å². The maximum atomic E-state index is 9.58. The van der Waals surface area contributed by atoms with Gasteiger partial charge in [0.05, 0.1) is 11.4 Å². The summed E-state index contributed by atoms with van der Waals surface area (Å²) in [4.78, 5) is 13.6. The van der Waals surface area contributed by atoms with E-state index in [0.717, 1.165) is 34.9 Å². The number of hydrogen-bond donors (Lipinski definition) is 2. The molecule has 4 rings (SSSR count). The standard InChI is InChI=1S/C24H24N8/c1-16-17(2)29-24(21-11-6-7-13-27-21)30-23(16)28-14-8-12-20-19(15-25)22(26)32(31-20)18-9-4-3-5-10-18/h3-7,9-11,13H,8,12,14,26H2,1-2H3,(H,28,29,30). The monoisotopic (exact) mass is 424 g/mol. The molecular weight excluding hydrogens is 400 g/mol. The number of rotatable bonds is 7. The Morgan fingerprint density at radius 3 is 2.56 bits per heavy atom. The van der Waals surface area contributed by atoms with Gasteiger partial charge in [0.15, 0.2) is 5.82 Å². The summed E-state index contributed by atoms with van der Waals surface area (Å²) in [6.07, 6.45) is 3.12. The third-order valence-corrected chi connectivity index (χ3v) is 5.27. The van der Waals surface area contributed by atoms with Gasteiger partial charge >= 0.3 is 0 Å². The SMILES string of the molecule is Cc1nc(-c2ccccn2)nc(NCCCc2nn(-c3ccccc3)c(N)c2C#N)c1C. The van der Waals surface area contributed by atoms with Gasteiger partial charge < -0.3 is 11.1 Å². The first-order valence-corrected chi connectivity index (χ1v) is 10.4. The Hall–Kier alpha value is -4.25. The molecule has 0 bridgehead atoms. The number of nitrogens with one attached hydrogen (secondary N) is 1. The zero-order valence-electron chi connectivity index (χ0n) is 18.1. The average Bonchev–Trinajstić information content (AvgIpc) is 3.15. The molecule has 3 N–H and O–H groups in total. The van der Waals surface area contributed by atoms with Crippen molar-refractivity contribution in [3.8, 4) is 23.3 Å². The zero-order chi connectivity index (χ0) is 22.5. The van der Waals surface area contributed by atoms with Crippen LogP contribution in [-0.4, -0.2) is 31.3 Å².